The van der Waals surface area contributed by atoms with Crippen LogP contribution in [0.1, 0.15) is 38.7 Å². The molecule has 3 rings (SSSR count). The van der Waals surface area contributed by atoms with Crippen molar-refractivity contribution < 1.29 is 29.0 Å². The predicted molar refractivity (Wildman–Crippen MR) is 149 cm³/mol. The topological polar surface area (TPSA) is 125 Å². The number of rotatable bonds is 3. The fourth-order valence-electron chi connectivity index (χ4n) is 4.36. The number of aliphatic hydroxyl groups excluding tert-OH is 1. The van der Waals surface area contributed by atoms with E-state index in [0.29, 0.717) is 12.2 Å². The summed E-state index contributed by atoms with van der Waals surface area (Å²) < 4.78 is 5.61. The number of benzene rings is 1. The van der Waals surface area contributed by atoms with E-state index in [1.165, 1.54) is 15.7 Å². The maximum atomic E-state index is 13.6. The molecule has 38 heavy (non-hydrogen) atoms. The van der Waals surface area contributed by atoms with E-state index in [9.17, 15) is 24.3 Å². The van der Waals surface area contributed by atoms with Gasteiger partial charge in [0.2, 0.25) is 17.7 Å². The number of esters is 1. The van der Waals surface area contributed by atoms with Crippen LogP contribution in [-0.2, 0) is 30.3 Å². The first-order valence-electron chi connectivity index (χ1n) is 12.8. The average molecular weight is 564 g/mol. The van der Waals surface area contributed by atoms with Crippen LogP contribution in [0.4, 0.5) is 0 Å². The Bertz CT molecular complexity index is 1010. The van der Waals surface area contributed by atoms with Gasteiger partial charge in [-0.1, -0.05) is 71.8 Å². The van der Waals surface area contributed by atoms with Crippen LogP contribution in [0.25, 0.3) is 0 Å². The summed E-state index contributed by atoms with van der Waals surface area (Å²) in [7, 11) is 4.59. The Hall–Kier alpha value is -2.50. The minimum atomic E-state index is -1.20. The Labute approximate surface area is 231 Å². The van der Waals surface area contributed by atoms with E-state index in [-0.39, 0.29) is 31.1 Å². The summed E-state index contributed by atoms with van der Waals surface area (Å²) in [6.07, 6.45) is 1.96. The molecule has 0 unspecified atom stereocenters. The van der Waals surface area contributed by atoms with Crippen molar-refractivity contribution >= 4 is 45.3 Å². The number of fused-ring (bicyclic) bond motifs is 7. The highest BCUT2D eigenvalue weighted by molar-refractivity contribution is 8.76. The number of allylic oxidation sites excluding steroid dienone is 1. The minimum Gasteiger partial charge on any atom is -0.457 e. The van der Waals surface area contributed by atoms with Crippen LogP contribution < -0.4 is 10.6 Å². The molecule has 3 amide bonds. The molecule has 0 aliphatic carbocycles. The van der Waals surface area contributed by atoms with Crippen LogP contribution in [0.3, 0.4) is 0 Å². The Morgan fingerprint density at radius 1 is 1.05 bits per heavy atom. The smallest absolute Gasteiger partial charge is 0.309 e. The third kappa shape index (κ3) is 8.78. The van der Waals surface area contributed by atoms with Crippen LogP contribution >= 0.6 is 21.6 Å². The summed E-state index contributed by atoms with van der Waals surface area (Å²) in [5.41, 5.74) is 0.861. The van der Waals surface area contributed by atoms with Crippen LogP contribution in [0.2, 0.25) is 0 Å². The second kappa shape index (κ2) is 14.6. The molecule has 1 fully saturated rings. The molecule has 1 aromatic rings. The van der Waals surface area contributed by atoms with Crippen molar-refractivity contribution in [3.63, 3.8) is 0 Å². The number of carbonyl (C=O) groups is 4. The molecular formula is C27H37N3O6S2. The molecule has 0 saturated carbocycles. The van der Waals surface area contributed by atoms with Gasteiger partial charge in [0.15, 0.2) is 0 Å². The monoisotopic (exact) mass is 563 g/mol. The average Bonchev–Trinajstić information content (AvgIpc) is 2.87. The molecule has 2 aliphatic rings. The molecule has 5 atom stereocenters. The lowest BCUT2D eigenvalue weighted by Gasteiger charge is -2.31. The Kier molecular flexibility index (Phi) is 11.5. The van der Waals surface area contributed by atoms with Gasteiger partial charge in [0, 0.05) is 25.0 Å². The standard InChI is InChI=1S/C27H37N3O6S2/c1-17(2)25-22(31)15-24(33)36-19-11-7-8-12-37-38-16-20(26(34)29-25)28-27(35)21(30(3)23(32)14-19)13-18-9-5-4-6-10-18/h4-7,9-11,17,19-22,25,31H,8,12-16H2,1-3H3,(H,28,35)(H,29,34)/b11-7+/t19-,20-,21-,22+,25-/m1/s1. The van der Waals surface area contributed by atoms with Gasteiger partial charge in [0.05, 0.1) is 25.0 Å². The zero-order chi connectivity index (χ0) is 27.7. The molecule has 2 heterocycles. The van der Waals surface area contributed by atoms with Gasteiger partial charge in [0.25, 0.3) is 0 Å². The maximum absolute atomic E-state index is 13.6. The van der Waals surface area contributed by atoms with Gasteiger partial charge in [-0.2, -0.15) is 0 Å². The highest BCUT2D eigenvalue weighted by Gasteiger charge is 2.35. The van der Waals surface area contributed by atoms with Crippen molar-refractivity contribution in [2.75, 3.05) is 18.6 Å². The summed E-state index contributed by atoms with van der Waals surface area (Å²) in [6.45, 7) is 3.67. The number of ether oxygens (including phenoxy) is 1. The van der Waals surface area contributed by atoms with Crippen LogP contribution in [0.5, 0.6) is 0 Å². The number of aliphatic hydroxyl groups is 1. The third-order valence-electron chi connectivity index (χ3n) is 6.58. The van der Waals surface area contributed by atoms with Crippen molar-refractivity contribution in [1.29, 1.82) is 0 Å². The Balaban J connectivity index is 2.03. The maximum Gasteiger partial charge on any atom is 0.309 e. The van der Waals surface area contributed by atoms with Gasteiger partial charge in [0.1, 0.15) is 18.2 Å². The first kappa shape index (κ1) is 30.0. The number of carbonyl (C=O) groups excluding carboxylic acids is 4. The molecule has 3 N–H and O–H groups in total. The first-order valence-corrected chi connectivity index (χ1v) is 15.3. The number of likely N-dealkylation sites (N-methyl/N-ethyl adjacent to an activating group) is 1. The summed E-state index contributed by atoms with van der Waals surface area (Å²) in [4.78, 5) is 54.6. The van der Waals surface area contributed by atoms with Gasteiger partial charge in [-0.25, -0.2) is 0 Å². The number of nitrogens with zero attached hydrogens (tertiary/aromatic N) is 1. The van der Waals surface area contributed by atoms with Crippen molar-refractivity contribution in [1.82, 2.24) is 15.5 Å². The normalized spacial score (nSPS) is 29.4. The highest BCUT2D eigenvalue weighted by Crippen LogP contribution is 2.24. The van der Waals surface area contributed by atoms with Gasteiger partial charge in [-0.15, -0.1) is 0 Å². The van der Waals surface area contributed by atoms with Gasteiger partial charge >= 0.3 is 5.97 Å². The summed E-state index contributed by atoms with van der Waals surface area (Å²) >= 11 is 0. The zero-order valence-electron chi connectivity index (χ0n) is 22.0. The second-order valence-corrected chi connectivity index (χ2v) is 12.5. The lowest BCUT2D eigenvalue weighted by Crippen LogP contribution is -2.58. The molecule has 208 valence electrons. The Morgan fingerprint density at radius 2 is 1.79 bits per heavy atom. The molecule has 2 bridgehead atoms. The summed E-state index contributed by atoms with van der Waals surface area (Å²) in [5.74, 6) is -1.10. The van der Waals surface area contributed by atoms with E-state index in [2.05, 4.69) is 10.6 Å². The van der Waals surface area contributed by atoms with E-state index in [4.69, 9.17) is 4.74 Å². The fraction of sp³-hybridized carbons (Fsp3) is 0.556. The largest absolute Gasteiger partial charge is 0.457 e. The number of hydrogen-bond donors (Lipinski definition) is 3. The molecule has 1 aromatic carbocycles. The predicted octanol–water partition coefficient (Wildman–Crippen LogP) is 2.09. The quantitative estimate of drug-likeness (QED) is 0.290. The number of amides is 3. The van der Waals surface area contributed by atoms with Crippen LogP contribution in [0, 0.1) is 5.92 Å². The second-order valence-electron chi connectivity index (χ2n) is 9.88. The summed E-state index contributed by atoms with van der Waals surface area (Å²) in [5, 5.41) is 16.5. The van der Waals surface area contributed by atoms with E-state index >= 15 is 0 Å². The minimum absolute atomic E-state index is 0.149. The molecule has 0 spiro atoms. The van der Waals surface area contributed by atoms with Gasteiger partial charge in [-0.3, -0.25) is 19.2 Å². The van der Waals surface area contributed by atoms with E-state index in [0.717, 1.165) is 11.3 Å². The van der Waals surface area contributed by atoms with Gasteiger partial charge in [-0.05, 0) is 24.0 Å². The molecule has 11 heteroatoms. The van der Waals surface area contributed by atoms with E-state index in [1.807, 2.05) is 50.3 Å². The molecule has 2 aliphatic heterocycles. The highest BCUT2D eigenvalue weighted by atomic mass is 33.1. The first-order chi connectivity index (χ1) is 18.2. The van der Waals surface area contributed by atoms with E-state index < -0.39 is 48.1 Å². The van der Waals surface area contributed by atoms with Gasteiger partial charge < -0.3 is 25.4 Å². The van der Waals surface area contributed by atoms with Crippen molar-refractivity contribution in [3.05, 3.63) is 48.0 Å². The summed E-state index contributed by atoms with van der Waals surface area (Å²) in [6, 6.07) is 6.82. The Morgan fingerprint density at radius 3 is 2.50 bits per heavy atom. The fourth-order valence-corrected chi connectivity index (χ4v) is 6.51. The van der Waals surface area contributed by atoms with Crippen LogP contribution in [-0.4, -0.2) is 82.6 Å². The molecule has 0 aromatic heterocycles. The molecular weight excluding hydrogens is 526 g/mol. The SMILES string of the molecule is CC(C)[C@H]1NC(=O)[C@H]2CSSCC/C=C/[C@H](CC(=O)N(C)[C@H](Cc3ccccc3)C(=O)N2)OC(=O)C[C@@H]1O. The molecule has 9 nitrogen and oxygen atoms in total. The zero-order valence-corrected chi connectivity index (χ0v) is 23.6. The van der Waals surface area contributed by atoms with Crippen LogP contribution in [0.15, 0.2) is 42.5 Å². The van der Waals surface area contributed by atoms with Crippen molar-refractivity contribution in [2.24, 2.45) is 5.92 Å². The number of hydrogen-bond acceptors (Lipinski definition) is 8. The van der Waals surface area contributed by atoms with E-state index in [1.54, 1.807) is 23.9 Å². The lowest BCUT2D eigenvalue weighted by atomic mass is 9.96. The van der Waals surface area contributed by atoms with Crippen molar-refractivity contribution in [2.45, 2.75) is 69.9 Å². The molecule has 1 saturated heterocycles. The third-order valence-corrected chi connectivity index (χ3v) is 9.03. The number of nitrogens with one attached hydrogen (secondary N) is 2. The van der Waals surface area contributed by atoms with Crippen molar-refractivity contribution in [3.8, 4) is 0 Å². The lowest BCUT2D eigenvalue weighted by molar-refractivity contribution is -0.152. The molecule has 0 radical (unpaired) electrons.